The SMILES string of the molecule is CC(=O)NCC=Cc1cc(C=O)sc1[N+](=O)[O-]. The van der Waals surface area contributed by atoms with Gasteiger partial charge in [0.2, 0.25) is 5.91 Å². The summed E-state index contributed by atoms with van der Waals surface area (Å²) in [4.78, 5) is 31.6. The largest absolute Gasteiger partial charge is 0.353 e. The number of carbonyl (C=O) groups is 2. The molecule has 17 heavy (non-hydrogen) atoms. The van der Waals surface area contributed by atoms with Gasteiger partial charge in [0.05, 0.1) is 15.4 Å². The minimum Gasteiger partial charge on any atom is -0.353 e. The molecule has 0 saturated carbocycles. The van der Waals surface area contributed by atoms with E-state index in [-0.39, 0.29) is 10.9 Å². The van der Waals surface area contributed by atoms with Crippen LogP contribution in [0.15, 0.2) is 12.1 Å². The third-order valence-electron chi connectivity index (χ3n) is 1.81. The van der Waals surface area contributed by atoms with Gasteiger partial charge in [0.15, 0.2) is 6.29 Å². The zero-order valence-corrected chi connectivity index (χ0v) is 9.82. The molecule has 0 unspecified atom stereocenters. The van der Waals surface area contributed by atoms with Crippen molar-refractivity contribution in [1.29, 1.82) is 0 Å². The van der Waals surface area contributed by atoms with Crippen molar-refractivity contribution in [3.8, 4) is 0 Å². The molecule has 0 fully saturated rings. The van der Waals surface area contributed by atoms with Crippen LogP contribution in [-0.4, -0.2) is 23.7 Å². The van der Waals surface area contributed by atoms with E-state index in [0.717, 1.165) is 11.3 Å². The van der Waals surface area contributed by atoms with Gasteiger partial charge < -0.3 is 5.32 Å². The number of thiophene rings is 1. The first-order chi connectivity index (χ1) is 8.04. The Morgan fingerprint density at radius 2 is 2.35 bits per heavy atom. The maximum atomic E-state index is 10.7. The lowest BCUT2D eigenvalue weighted by Gasteiger charge is -1.93. The van der Waals surface area contributed by atoms with Crippen LogP contribution in [0.25, 0.3) is 6.08 Å². The summed E-state index contributed by atoms with van der Waals surface area (Å²) in [5.41, 5.74) is 0.368. The molecule has 0 atom stereocenters. The minimum absolute atomic E-state index is 0.0776. The van der Waals surface area contributed by atoms with Crippen LogP contribution < -0.4 is 5.32 Å². The van der Waals surface area contributed by atoms with Gasteiger partial charge >= 0.3 is 5.00 Å². The van der Waals surface area contributed by atoms with E-state index >= 15 is 0 Å². The molecule has 0 aliphatic heterocycles. The van der Waals surface area contributed by atoms with Crippen molar-refractivity contribution in [1.82, 2.24) is 5.32 Å². The molecule has 1 amide bonds. The highest BCUT2D eigenvalue weighted by Crippen LogP contribution is 2.30. The van der Waals surface area contributed by atoms with Gasteiger partial charge in [0, 0.05) is 13.5 Å². The third-order valence-corrected chi connectivity index (χ3v) is 2.84. The van der Waals surface area contributed by atoms with Gasteiger partial charge in [-0.2, -0.15) is 0 Å². The summed E-state index contributed by atoms with van der Waals surface area (Å²) >= 11 is 0.826. The Morgan fingerprint density at radius 1 is 1.65 bits per heavy atom. The molecule has 90 valence electrons. The Kier molecular flexibility index (Phi) is 4.53. The number of nitrogens with one attached hydrogen (secondary N) is 1. The predicted octanol–water partition coefficient (Wildman–Crippen LogP) is 1.62. The lowest BCUT2D eigenvalue weighted by atomic mass is 10.2. The first-order valence-corrected chi connectivity index (χ1v) is 5.50. The molecule has 6 nitrogen and oxygen atoms in total. The van der Waals surface area contributed by atoms with Gasteiger partial charge in [0.25, 0.3) is 0 Å². The molecule has 1 N–H and O–H groups in total. The van der Waals surface area contributed by atoms with Crippen LogP contribution in [0.2, 0.25) is 0 Å². The summed E-state index contributed by atoms with van der Waals surface area (Å²) < 4.78 is 0. The Bertz CT molecular complexity index is 479. The van der Waals surface area contributed by atoms with Gasteiger partial charge in [-0.3, -0.25) is 19.7 Å². The van der Waals surface area contributed by atoms with Crippen LogP contribution in [0.1, 0.15) is 22.2 Å². The fourth-order valence-electron chi connectivity index (χ4n) is 1.12. The lowest BCUT2D eigenvalue weighted by Crippen LogP contribution is -2.19. The van der Waals surface area contributed by atoms with Crippen LogP contribution >= 0.6 is 11.3 Å². The average Bonchev–Trinajstić information content (AvgIpc) is 2.67. The summed E-state index contributed by atoms with van der Waals surface area (Å²) in [6.07, 6.45) is 3.67. The molecule has 1 rings (SSSR count). The van der Waals surface area contributed by atoms with Crippen molar-refractivity contribution in [3.63, 3.8) is 0 Å². The van der Waals surface area contributed by atoms with Crippen molar-refractivity contribution < 1.29 is 14.5 Å². The topological polar surface area (TPSA) is 89.3 Å². The van der Waals surface area contributed by atoms with E-state index in [2.05, 4.69) is 5.32 Å². The zero-order valence-electron chi connectivity index (χ0n) is 9.00. The molecule has 0 aliphatic carbocycles. The number of hydrogen-bond acceptors (Lipinski definition) is 5. The lowest BCUT2D eigenvalue weighted by molar-refractivity contribution is -0.380. The van der Waals surface area contributed by atoms with E-state index in [0.29, 0.717) is 23.3 Å². The highest BCUT2D eigenvalue weighted by molar-refractivity contribution is 7.17. The third kappa shape index (κ3) is 3.80. The number of nitro groups is 1. The zero-order chi connectivity index (χ0) is 12.8. The van der Waals surface area contributed by atoms with Crippen molar-refractivity contribution in [3.05, 3.63) is 32.7 Å². The summed E-state index contributed by atoms with van der Waals surface area (Å²) in [6.45, 7) is 1.67. The second-order valence-corrected chi connectivity index (χ2v) is 4.19. The summed E-state index contributed by atoms with van der Waals surface area (Å²) in [6, 6.07) is 1.44. The summed E-state index contributed by atoms with van der Waals surface area (Å²) in [5, 5.41) is 13.1. The quantitative estimate of drug-likeness (QED) is 0.491. The number of hydrogen-bond donors (Lipinski definition) is 1. The average molecular weight is 254 g/mol. The molecular weight excluding hydrogens is 244 g/mol. The highest BCUT2D eigenvalue weighted by Gasteiger charge is 2.16. The van der Waals surface area contributed by atoms with Gasteiger partial charge in [-0.15, -0.1) is 0 Å². The Morgan fingerprint density at radius 3 is 2.88 bits per heavy atom. The van der Waals surface area contributed by atoms with Crippen molar-refractivity contribution in [2.75, 3.05) is 6.54 Å². The van der Waals surface area contributed by atoms with Crippen LogP contribution in [0, 0.1) is 10.1 Å². The van der Waals surface area contributed by atoms with Crippen LogP contribution in [0.3, 0.4) is 0 Å². The smallest absolute Gasteiger partial charge is 0.331 e. The van der Waals surface area contributed by atoms with E-state index in [1.165, 1.54) is 19.1 Å². The summed E-state index contributed by atoms with van der Waals surface area (Å²) in [7, 11) is 0. The second kappa shape index (κ2) is 5.90. The monoisotopic (exact) mass is 254 g/mol. The van der Waals surface area contributed by atoms with E-state index in [1.807, 2.05) is 0 Å². The predicted molar refractivity (Wildman–Crippen MR) is 64.1 cm³/mol. The molecule has 0 bridgehead atoms. The fourth-order valence-corrected chi connectivity index (χ4v) is 1.90. The van der Waals surface area contributed by atoms with E-state index < -0.39 is 4.92 Å². The van der Waals surface area contributed by atoms with Crippen LogP contribution in [0.5, 0.6) is 0 Å². The number of amides is 1. The van der Waals surface area contributed by atoms with Crippen LogP contribution in [-0.2, 0) is 4.79 Å². The molecule has 0 saturated heterocycles. The van der Waals surface area contributed by atoms with Gasteiger partial charge in [-0.1, -0.05) is 17.4 Å². The van der Waals surface area contributed by atoms with E-state index in [4.69, 9.17) is 0 Å². The second-order valence-electron chi connectivity index (χ2n) is 3.12. The highest BCUT2D eigenvalue weighted by atomic mass is 32.1. The molecule has 1 heterocycles. The van der Waals surface area contributed by atoms with Crippen molar-refractivity contribution in [2.24, 2.45) is 0 Å². The van der Waals surface area contributed by atoms with Crippen molar-refractivity contribution >= 4 is 34.6 Å². The molecular formula is C10H10N2O4S. The first kappa shape index (κ1) is 13.0. The maximum absolute atomic E-state index is 10.7. The normalized spacial score (nSPS) is 10.4. The van der Waals surface area contributed by atoms with Gasteiger partial charge in [-0.25, -0.2) is 0 Å². The Labute approximate surface area is 101 Å². The first-order valence-electron chi connectivity index (χ1n) is 4.69. The molecule has 0 radical (unpaired) electrons. The molecule has 7 heteroatoms. The molecule has 0 spiro atoms. The van der Waals surface area contributed by atoms with Gasteiger partial charge in [0.1, 0.15) is 0 Å². The molecule has 1 aromatic heterocycles. The Hall–Kier alpha value is -2.02. The molecule has 1 aromatic rings. The maximum Gasteiger partial charge on any atom is 0.331 e. The molecule has 0 aromatic carbocycles. The van der Waals surface area contributed by atoms with Crippen molar-refractivity contribution in [2.45, 2.75) is 6.92 Å². The fraction of sp³-hybridized carbons (Fsp3) is 0.200. The van der Waals surface area contributed by atoms with Gasteiger partial charge in [-0.05, 0) is 12.1 Å². The standard InChI is InChI=1S/C10H10N2O4S/c1-7(14)11-4-2-3-8-5-9(6-13)17-10(8)12(15)16/h2-3,5-6H,4H2,1H3,(H,11,14). The minimum atomic E-state index is -0.532. The van der Waals surface area contributed by atoms with E-state index in [9.17, 15) is 19.7 Å². The molecule has 0 aliphatic rings. The summed E-state index contributed by atoms with van der Waals surface area (Å²) in [5.74, 6) is -0.178. The Balaban J connectivity index is 2.81. The number of rotatable bonds is 5. The number of aldehydes is 1. The van der Waals surface area contributed by atoms with Crippen LogP contribution in [0.4, 0.5) is 5.00 Å². The van der Waals surface area contributed by atoms with E-state index in [1.54, 1.807) is 6.08 Å². The number of carbonyl (C=O) groups excluding carboxylic acids is 2. The number of nitrogens with zero attached hydrogens (tertiary/aromatic N) is 1.